The molecule has 4 rings (SSSR count). The van der Waals surface area contributed by atoms with Crippen LogP contribution in [0.25, 0.3) is 22.2 Å². The molecule has 2 aromatic heterocycles. The minimum Gasteiger partial charge on any atom is -0.324 e. The lowest BCUT2D eigenvalue weighted by Gasteiger charge is -2.19. The van der Waals surface area contributed by atoms with Gasteiger partial charge in [0.2, 0.25) is 0 Å². The van der Waals surface area contributed by atoms with Gasteiger partial charge in [0.1, 0.15) is 5.82 Å². The number of alkyl halides is 3. The summed E-state index contributed by atoms with van der Waals surface area (Å²) in [5.74, 6) is 0.188. The number of rotatable bonds is 4. The number of aromatic nitrogens is 3. The van der Waals surface area contributed by atoms with Crippen LogP contribution in [-0.2, 0) is 6.42 Å². The third kappa shape index (κ3) is 5.78. The molecule has 0 saturated carbocycles. The largest absolute Gasteiger partial charge is 0.389 e. The number of nitrogens with one attached hydrogen (secondary N) is 1. The summed E-state index contributed by atoms with van der Waals surface area (Å²) >= 11 is 0. The highest BCUT2D eigenvalue weighted by Crippen LogP contribution is 2.32. The van der Waals surface area contributed by atoms with Crippen LogP contribution in [0.4, 0.5) is 23.7 Å². The second-order valence-electron chi connectivity index (χ2n) is 8.55. The predicted octanol–water partition coefficient (Wildman–Crippen LogP) is 5.79. The van der Waals surface area contributed by atoms with E-state index in [9.17, 15) is 18.0 Å². The fourth-order valence-electron chi connectivity index (χ4n) is 4.23. The number of carbonyl (C=O) groups is 1. The number of benzene rings is 1. The first-order chi connectivity index (χ1) is 15.6. The van der Waals surface area contributed by atoms with Gasteiger partial charge in [0.15, 0.2) is 5.65 Å². The quantitative estimate of drug-likeness (QED) is 0.502. The van der Waals surface area contributed by atoms with Crippen molar-refractivity contribution in [3.05, 3.63) is 47.5 Å². The molecule has 182 valence electrons. The van der Waals surface area contributed by atoms with Gasteiger partial charge in [0.05, 0.1) is 0 Å². The van der Waals surface area contributed by atoms with E-state index in [1.54, 1.807) is 12.3 Å². The SMILES string of the molecule is CCc1ncc2cc(-c3cc(NC(=O)N4CC[C@@H](CC(F)(F)F)C4)ccc3C)c(C)nc2n1.S. The number of likely N-dealkylation sites (tertiary alicyclic amines) is 1. The minimum atomic E-state index is -4.21. The molecule has 1 fully saturated rings. The van der Waals surface area contributed by atoms with Gasteiger partial charge in [0.25, 0.3) is 0 Å². The number of amides is 2. The normalized spacial score (nSPS) is 15.9. The van der Waals surface area contributed by atoms with Gasteiger partial charge >= 0.3 is 12.2 Å². The van der Waals surface area contributed by atoms with Crippen molar-refractivity contribution in [2.75, 3.05) is 18.4 Å². The average molecular weight is 492 g/mol. The van der Waals surface area contributed by atoms with E-state index >= 15 is 0 Å². The van der Waals surface area contributed by atoms with Crippen LogP contribution in [0.5, 0.6) is 0 Å². The molecule has 1 aliphatic heterocycles. The van der Waals surface area contributed by atoms with E-state index < -0.39 is 18.5 Å². The molecule has 0 bridgehead atoms. The summed E-state index contributed by atoms with van der Waals surface area (Å²) in [5, 5.41) is 3.67. The Morgan fingerprint density at radius 3 is 2.65 bits per heavy atom. The monoisotopic (exact) mass is 491 g/mol. The summed E-state index contributed by atoms with van der Waals surface area (Å²) in [6.07, 6.45) is -2.22. The summed E-state index contributed by atoms with van der Waals surface area (Å²) in [6, 6.07) is 7.17. The molecule has 0 radical (unpaired) electrons. The van der Waals surface area contributed by atoms with Crippen molar-refractivity contribution < 1.29 is 18.0 Å². The number of urea groups is 1. The summed E-state index contributed by atoms with van der Waals surface area (Å²) in [5.41, 5.74) is 4.87. The van der Waals surface area contributed by atoms with Crippen LogP contribution in [0.3, 0.4) is 0 Å². The third-order valence-corrected chi connectivity index (χ3v) is 6.00. The molecular formula is C24H28F3N5OS. The number of halogens is 3. The number of carbonyl (C=O) groups excluding carboxylic acids is 1. The molecule has 34 heavy (non-hydrogen) atoms. The maximum atomic E-state index is 12.7. The predicted molar refractivity (Wildman–Crippen MR) is 131 cm³/mol. The van der Waals surface area contributed by atoms with Crippen molar-refractivity contribution in [2.45, 2.75) is 46.2 Å². The van der Waals surface area contributed by atoms with Crippen molar-refractivity contribution in [3.8, 4) is 11.1 Å². The molecule has 0 unspecified atom stereocenters. The molecule has 3 heterocycles. The maximum Gasteiger partial charge on any atom is 0.389 e. The number of fused-ring (bicyclic) bond motifs is 1. The number of aryl methyl sites for hydroxylation is 3. The van der Waals surface area contributed by atoms with Crippen molar-refractivity contribution in [1.29, 1.82) is 0 Å². The number of pyridine rings is 1. The lowest BCUT2D eigenvalue weighted by molar-refractivity contribution is -0.143. The van der Waals surface area contributed by atoms with E-state index in [-0.39, 0.29) is 26.1 Å². The van der Waals surface area contributed by atoms with E-state index in [1.165, 1.54) is 4.90 Å². The van der Waals surface area contributed by atoms with E-state index in [1.807, 2.05) is 39.0 Å². The summed E-state index contributed by atoms with van der Waals surface area (Å²) < 4.78 is 38.0. The summed E-state index contributed by atoms with van der Waals surface area (Å²) in [4.78, 5) is 27.6. The number of hydrogen-bond donors (Lipinski definition) is 1. The summed E-state index contributed by atoms with van der Waals surface area (Å²) in [7, 11) is 0. The van der Waals surface area contributed by atoms with Gasteiger partial charge in [-0.3, -0.25) is 0 Å². The first kappa shape index (κ1) is 25.7. The van der Waals surface area contributed by atoms with Crippen molar-refractivity contribution >= 4 is 36.2 Å². The first-order valence-corrected chi connectivity index (χ1v) is 11.0. The van der Waals surface area contributed by atoms with E-state index in [2.05, 4.69) is 20.3 Å². The average Bonchev–Trinajstić information content (AvgIpc) is 3.21. The molecule has 1 atom stereocenters. The molecule has 3 aromatic rings. The van der Waals surface area contributed by atoms with Gasteiger partial charge in [0, 0.05) is 54.5 Å². The van der Waals surface area contributed by atoms with Crippen LogP contribution in [0.15, 0.2) is 30.5 Å². The molecule has 1 aliphatic rings. The van der Waals surface area contributed by atoms with Gasteiger partial charge < -0.3 is 10.2 Å². The Labute approximate surface area is 203 Å². The van der Waals surface area contributed by atoms with Crippen molar-refractivity contribution in [3.63, 3.8) is 0 Å². The Hall–Kier alpha value is -2.88. The Kier molecular flexibility index (Phi) is 7.70. The second kappa shape index (κ2) is 10.2. The topological polar surface area (TPSA) is 71.0 Å². The van der Waals surface area contributed by atoms with Crippen LogP contribution in [0, 0.1) is 19.8 Å². The molecule has 0 aliphatic carbocycles. The highest BCUT2D eigenvalue weighted by atomic mass is 32.1. The van der Waals surface area contributed by atoms with Gasteiger partial charge in [-0.15, -0.1) is 0 Å². The number of hydrogen-bond acceptors (Lipinski definition) is 4. The zero-order chi connectivity index (χ0) is 23.8. The molecule has 6 nitrogen and oxygen atoms in total. The molecule has 1 aromatic carbocycles. The van der Waals surface area contributed by atoms with Crippen LogP contribution < -0.4 is 5.32 Å². The van der Waals surface area contributed by atoms with E-state index in [0.29, 0.717) is 24.3 Å². The fraction of sp³-hybridized carbons (Fsp3) is 0.417. The van der Waals surface area contributed by atoms with Gasteiger partial charge in [-0.2, -0.15) is 26.7 Å². The minimum absolute atomic E-state index is 0. The number of anilines is 1. The molecule has 1 saturated heterocycles. The van der Waals surface area contributed by atoms with Crippen LogP contribution >= 0.6 is 13.5 Å². The lowest BCUT2D eigenvalue weighted by Crippen LogP contribution is -2.33. The van der Waals surface area contributed by atoms with E-state index in [0.717, 1.165) is 40.0 Å². The lowest BCUT2D eigenvalue weighted by atomic mass is 9.98. The zero-order valence-electron chi connectivity index (χ0n) is 19.3. The van der Waals surface area contributed by atoms with Crippen LogP contribution in [0.1, 0.15) is 36.8 Å². The Bertz CT molecular complexity index is 1200. The Morgan fingerprint density at radius 1 is 1.18 bits per heavy atom. The molecule has 1 N–H and O–H groups in total. The van der Waals surface area contributed by atoms with Crippen molar-refractivity contribution in [2.24, 2.45) is 5.92 Å². The van der Waals surface area contributed by atoms with Gasteiger partial charge in [-0.05, 0) is 55.5 Å². The van der Waals surface area contributed by atoms with Gasteiger partial charge in [-0.1, -0.05) is 13.0 Å². The van der Waals surface area contributed by atoms with Crippen LogP contribution in [-0.4, -0.2) is 45.1 Å². The van der Waals surface area contributed by atoms with Crippen LogP contribution in [0.2, 0.25) is 0 Å². The standard InChI is InChI=1S/C24H26F3N5O.H2S/c1-4-21-28-12-17-9-20(15(3)29-22(17)31-21)19-10-18(6-5-14(19)2)30-23(33)32-8-7-16(13-32)11-24(25,26)27;/h5-6,9-10,12,16H,4,7-8,11,13H2,1-3H3,(H,30,33);1H2/t16-;/m0./s1. The highest BCUT2D eigenvalue weighted by Gasteiger charge is 2.36. The molecule has 0 spiro atoms. The van der Waals surface area contributed by atoms with E-state index in [4.69, 9.17) is 0 Å². The smallest absolute Gasteiger partial charge is 0.324 e. The Morgan fingerprint density at radius 2 is 1.94 bits per heavy atom. The first-order valence-electron chi connectivity index (χ1n) is 11.0. The molecule has 10 heteroatoms. The van der Waals surface area contributed by atoms with Gasteiger partial charge in [-0.25, -0.2) is 19.7 Å². The summed E-state index contributed by atoms with van der Waals surface area (Å²) in [6.45, 7) is 6.31. The zero-order valence-corrected chi connectivity index (χ0v) is 20.3. The Balaban J connectivity index is 0.00000324. The second-order valence-corrected chi connectivity index (χ2v) is 8.55. The van der Waals surface area contributed by atoms with Crippen molar-refractivity contribution in [1.82, 2.24) is 19.9 Å². The molecular weight excluding hydrogens is 463 g/mol. The maximum absolute atomic E-state index is 12.7. The number of nitrogens with zero attached hydrogens (tertiary/aromatic N) is 4. The molecule has 2 amide bonds. The fourth-order valence-corrected chi connectivity index (χ4v) is 4.23. The highest BCUT2D eigenvalue weighted by molar-refractivity contribution is 7.59. The third-order valence-electron chi connectivity index (χ3n) is 6.00.